The normalized spacial score (nSPS) is 23.6. The summed E-state index contributed by atoms with van der Waals surface area (Å²) in [6.07, 6.45) is 4.36. The van der Waals surface area contributed by atoms with Gasteiger partial charge >= 0.3 is 0 Å². The van der Waals surface area contributed by atoms with E-state index in [0.717, 1.165) is 43.7 Å². The van der Waals surface area contributed by atoms with Gasteiger partial charge in [-0.05, 0) is 37.8 Å². The molecule has 1 aromatic carbocycles. The molecule has 0 aliphatic heterocycles. The van der Waals surface area contributed by atoms with Gasteiger partial charge in [-0.15, -0.1) is 0 Å². The summed E-state index contributed by atoms with van der Waals surface area (Å²) in [6, 6.07) is 9.00. The van der Waals surface area contributed by atoms with E-state index in [2.05, 4.69) is 18.3 Å². The molecule has 3 N–H and O–H groups in total. The monoisotopic (exact) mass is 234 g/mol. The third-order valence-electron chi connectivity index (χ3n) is 3.18. The molecule has 0 radical (unpaired) electrons. The van der Waals surface area contributed by atoms with Crippen LogP contribution in [-0.2, 0) is 0 Å². The van der Waals surface area contributed by atoms with Crippen molar-refractivity contribution >= 4 is 5.69 Å². The summed E-state index contributed by atoms with van der Waals surface area (Å²) in [7, 11) is 0. The number of anilines is 1. The van der Waals surface area contributed by atoms with E-state index < -0.39 is 0 Å². The molecule has 1 aliphatic carbocycles. The van der Waals surface area contributed by atoms with Crippen LogP contribution >= 0.6 is 0 Å². The van der Waals surface area contributed by atoms with Crippen molar-refractivity contribution in [3.63, 3.8) is 0 Å². The Bertz CT molecular complexity index is 354. The van der Waals surface area contributed by atoms with Gasteiger partial charge in [0, 0.05) is 12.1 Å². The van der Waals surface area contributed by atoms with Gasteiger partial charge in [0.15, 0.2) is 0 Å². The second-order valence-corrected chi connectivity index (χ2v) is 4.76. The number of benzene rings is 1. The molecule has 2 atom stereocenters. The highest BCUT2D eigenvalue weighted by Crippen LogP contribution is 2.28. The number of hydrogen-bond donors (Lipinski definition) is 2. The molecule has 0 aromatic heterocycles. The molecule has 3 nitrogen and oxygen atoms in total. The van der Waals surface area contributed by atoms with Gasteiger partial charge in [0.25, 0.3) is 0 Å². The van der Waals surface area contributed by atoms with Crippen molar-refractivity contribution in [2.24, 2.45) is 5.73 Å². The molecule has 0 saturated heterocycles. The van der Waals surface area contributed by atoms with Crippen molar-refractivity contribution in [3.8, 4) is 5.75 Å². The van der Waals surface area contributed by atoms with E-state index in [-0.39, 0.29) is 0 Å². The summed E-state index contributed by atoms with van der Waals surface area (Å²) in [6.45, 7) is 2.88. The minimum atomic E-state index is 0.358. The maximum absolute atomic E-state index is 5.93. The largest absolute Gasteiger partial charge is 0.491 e. The standard InChI is InChI=1S/C14H22N2O/c1-2-9-17-14-6-4-3-5-13(14)16-12-8-7-11(15)10-12/h3-6,11-12,16H,2,7-10,15H2,1H3. The van der Waals surface area contributed by atoms with Crippen molar-refractivity contribution in [1.29, 1.82) is 0 Å². The summed E-state index contributed by atoms with van der Waals surface area (Å²) >= 11 is 0. The van der Waals surface area contributed by atoms with Crippen LogP contribution in [0.25, 0.3) is 0 Å². The fourth-order valence-electron chi connectivity index (χ4n) is 2.29. The Hall–Kier alpha value is -1.22. The Labute approximate surface area is 103 Å². The Kier molecular flexibility index (Phi) is 4.26. The molecule has 1 fully saturated rings. The lowest BCUT2D eigenvalue weighted by Crippen LogP contribution is -2.21. The first-order valence-electron chi connectivity index (χ1n) is 6.53. The predicted octanol–water partition coefficient (Wildman–Crippen LogP) is 2.77. The zero-order chi connectivity index (χ0) is 12.1. The SMILES string of the molecule is CCCOc1ccccc1NC1CCC(N)C1. The molecular formula is C14H22N2O. The average Bonchev–Trinajstić information content (AvgIpc) is 2.74. The molecule has 1 aromatic rings. The Morgan fingerprint density at radius 3 is 2.88 bits per heavy atom. The summed E-state index contributed by atoms with van der Waals surface area (Å²) in [4.78, 5) is 0. The molecule has 0 heterocycles. The van der Waals surface area contributed by atoms with Crippen LogP contribution in [0.3, 0.4) is 0 Å². The lowest BCUT2D eigenvalue weighted by molar-refractivity contribution is 0.318. The van der Waals surface area contributed by atoms with Gasteiger partial charge in [-0.25, -0.2) is 0 Å². The van der Waals surface area contributed by atoms with Crippen molar-refractivity contribution in [2.45, 2.75) is 44.7 Å². The van der Waals surface area contributed by atoms with E-state index in [4.69, 9.17) is 10.5 Å². The van der Waals surface area contributed by atoms with Crippen LogP contribution in [0.15, 0.2) is 24.3 Å². The molecule has 0 spiro atoms. The third kappa shape index (κ3) is 3.37. The highest BCUT2D eigenvalue weighted by Gasteiger charge is 2.22. The molecule has 94 valence electrons. The van der Waals surface area contributed by atoms with Crippen LogP contribution in [0.1, 0.15) is 32.6 Å². The van der Waals surface area contributed by atoms with Gasteiger partial charge in [-0.1, -0.05) is 19.1 Å². The lowest BCUT2D eigenvalue weighted by atomic mass is 10.2. The van der Waals surface area contributed by atoms with Gasteiger partial charge in [0.2, 0.25) is 0 Å². The van der Waals surface area contributed by atoms with Gasteiger partial charge < -0.3 is 15.8 Å². The molecule has 2 rings (SSSR count). The van der Waals surface area contributed by atoms with Crippen molar-refractivity contribution in [3.05, 3.63) is 24.3 Å². The highest BCUT2D eigenvalue weighted by molar-refractivity contribution is 5.56. The number of ether oxygens (including phenoxy) is 1. The van der Waals surface area contributed by atoms with Crippen molar-refractivity contribution in [1.82, 2.24) is 0 Å². The van der Waals surface area contributed by atoms with Gasteiger partial charge in [0.05, 0.1) is 12.3 Å². The molecule has 2 unspecified atom stereocenters. The summed E-state index contributed by atoms with van der Waals surface area (Å²) in [5.41, 5.74) is 7.02. The first-order chi connectivity index (χ1) is 8.29. The fraction of sp³-hybridized carbons (Fsp3) is 0.571. The lowest BCUT2D eigenvalue weighted by Gasteiger charge is -2.17. The highest BCUT2D eigenvalue weighted by atomic mass is 16.5. The zero-order valence-electron chi connectivity index (χ0n) is 10.5. The molecule has 1 aliphatic rings. The number of nitrogens with two attached hydrogens (primary N) is 1. The van der Waals surface area contributed by atoms with Gasteiger partial charge in [-0.3, -0.25) is 0 Å². The van der Waals surface area contributed by atoms with Crippen LogP contribution in [0.5, 0.6) is 5.75 Å². The quantitative estimate of drug-likeness (QED) is 0.823. The van der Waals surface area contributed by atoms with E-state index in [1.54, 1.807) is 0 Å². The van der Waals surface area contributed by atoms with E-state index in [1.807, 2.05) is 18.2 Å². The van der Waals surface area contributed by atoms with E-state index in [9.17, 15) is 0 Å². The smallest absolute Gasteiger partial charge is 0.142 e. The number of nitrogens with one attached hydrogen (secondary N) is 1. The zero-order valence-corrected chi connectivity index (χ0v) is 10.5. The first kappa shape index (κ1) is 12.2. The van der Waals surface area contributed by atoms with Crippen LogP contribution in [-0.4, -0.2) is 18.7 Å². The molecule has 1 saturated carbocycles. The number of rotatable bonds is 5. The van der Waals surface area contributed by atoms with E-state index in [1.165, 1.54) is 0 Å². The van der Waals surface area contributed by atoms with Crippen LogP contribution < -0.4 is 15.8 Å². The molecule has 17 heavy (non-hydrogen) atoms. The minimum absolute atomic E-state index is 0.358. The van der Waals surface area contributed by atoms with E-state index >= 15 is 0 Å². The molecule has 3 heteroatoms. The number of hydrogen-bond acceptors (Lipinski definition) is 3. The van der Waals surface area contributed by atoms with Crippen molar-refractivity contribution in [2.75, 3.05) is 11.9 Å². The Morgan fingerprint density at radius 1 is 1.35 bits per heavy atom. The second kappa shape index (κ2) is 5.92. The summed E-state index contributed by atoms with van der Waals surface area (Å²) in [5.74, 6) is 0.954. The van der Waals surface area contributed by atoms with Crippen LogP contribution in [0.2, 0.25) is 0 Å². The summed E-state index contributed by atoms with van der Waals surface area (Å²) < 4.78 is 5.73. The van der Waals surface area contributed by atoms with Crippen LogP contribution in [0, 0.1) is 0 Å². The predicted molar refractivity (Wildman–Crippen MR) is 71.5 cm³/mol. The molecular weight excluding hydrogens is 212 g/mol. The molecule has 0 amide bonds. The van der Waals surface area contributed by atoms with Crippen molar-refractivity contribution < 1.29 is 4.74 Å². The Balaban J connectivity index is 1.99. The molecule has 0 bridgehead atoms. The Morgan fingerprint density at radius 2 is 2.18 bits per heavy atom. The maximum atomic E-state index is 5.93. The van der Waals surface area contributed by atoms with Gasteiger partial charge in [0.1, 0.15) is 5.75 Å². The van der Waals surface area contributed by atoms with Gasteiger partial charge in [-0.2, -0.15) is 0 Å². The third-order valence-corrected chi connectivity index (χ3v) is 3.18. The van der Waals surface area contributed by atoms with E-state index in [0.29, 0.717) is 12.1 Å². The first-order valence-corrected chi connectivity index (χ1v) is 6.53. The topological polar surface area (TPSA) is 47.3 Å². The summed E-state index contributed by atoms with van der Waals surface area (Å²) in [5, 5.41) is 3.54. The second-order valence-electron chi connectivity index (χ2n) is 4.76. The number of para-hydroxylation sites is 2. The maximum Gasteiger partial charge on any atom is 0.142 e. The minimum Gasteiger partial charge on any atom is -0.491 e. The fourth-order valence-corrected chi connectivity index (χ4v) is 2.29. The average molecular weight is 234 g/mol. The van der Waals surface area contributed by atoms with Crippen LogP contribution in [0.4, 0.5) is 5.69 Å².